The van der Waals surface area contributed by atoms with Crippen LogP contribution in [0.1, 0.15) is 42.6 Å². The van der Waals surface area contributed by atoms with Gasteiger partial charge in [0.05, 0.1) is 8.66 Å². The first-order valence-electron chi connectivity index (χ1n) is 6.81. The molecule has 5 nitrogen and oxygen atoms in total. The third kappa shape index (κ3) is 4.98. The summed E-state index contributed by atoms with van der Waals surface area (Å²) >= 11 is 6.10. The summed E-state index contributed by atoms with van der Waals surface area (Å²) in [5, 5.41) is 0. The van der Waals surface area contributed by atoms with Crippen LogP contribution in [0, 0.1) is 13.8 Å². The summed E-state index contributed by atoms with van der Waals surface area (Å²) in [6, 6.07) is 5.25. The number of hydrogen-bond acceptors (Lipinski definition) is 5. The number of hydrogen-bond donors (Lipinski definition) is 2. The Morgan fingerprint density at radius 2 is 1.83 bits per heavy atom. The lowest BCUT2D eigenvalue weighted by Crippen LogP contribution is -2.41. The maximum atomic E-state index is 12.1. The minimum atomic E-state index is -0.396. The molecule has 2 N–H and O–H groups in total. The fraction of sp³-hybridized carbons (Fsp3) is 0.267. The molecule has 2 amide bonds. The number of ketones is 1. The number of carbonyl (C=O) groups excluding carboxylic acids is 3. The molecule has 2 rings (SSSR count). The number of nitrogens with one attached hydrogen (secondary N) is 2. The van der Waals surface area contributed by atoms with Gasteiger partial charge in [0, 0.05) is 28.2 Å². The lowest BCUT2D eigenvalue weighted by Gasteiger charge is -2.06. The first kappa shape index (κ1) is 17.8. The molecular formula is C15H15BrN2O3S2. The Morgan fingerprint density at radius 3 is 2.39 bits per heavy atom. The molecule has 0 aromatic carbocycles. The van der Waals surface area contributed by atoms with Crippen molar-refractivity contribution in [1.82, 2.24) is 10.9 Å². The molecule has 0 fully saturated rings. The highest BCUT2D eigenvalue weighted by atomic mass is 79.9. The summed E-state index contributed by atoms with van der Waals surface area (Å²) in [7, 11) is 0. The number of hydrazine groups is 1. The molecule has 8 heteroatoms. The second-order valence-electron chi connectivity index (χ2n) is 4.86. The number of aryl methyl sites for hydroxylation is 2. The van der Waals surface area contributed by atoms with Crippen LogP contribution in [-0.4, -0.2) is 17.6 Å². The fourth-order valence-corrected chi connectivity index (χ4v) is 4.18. The van der Waals surface area contributed by atoms with Crippen LogP contribution in [0.4, 0.5) is 0 Å². The predicted octanol–water partition coefficient (Wildman–Crippen LogP) is 3.61. The average molecular weight is 415 g/mol. The van der Waals surface area contributed by atoms with Gasteiger partial charge in [-0.2, -0.15) is 0 Å². The monoisotopic (exact) mass is 414 g/mol. The van der Waals surface area contributed by atoms with E-state index in [0.717, 1.165) is 13.5 Å². The molecule has 2 aromatic rings. The Bertz CT molecular complexity index is 752. The lowest BCUT2D eigenvalue weighted by molar-refractivity contribution is -0.121. The molecule has 0 saturated carbocycles. The smallest absolute Gasteiger partial charge is 0.279 e. The van der Waals surface area contributed by atoms with E-state index >= 15 is 0 Å². The van der Waals surface area contributed by atoms with E-state index in [1.165, 1.54) is 11.3 Å². The van der Waals surface area contributed by atoms with Gasteiger partial charge < -0.3 is 0 Å². The van der Waals surface area contributed by atoms with Crippen LogP contribution >= 0.6 is 38.6 Å². The summed E-state index contributed by atoms with van der Waals surface area (Å²) in [6.45, 7) is 3.84. The van der Waals surface area contributed by atoms with E-state index in [0.29, 0.717) is 10.4 Å². The van der Waals surface area contributed by atoms with Crippen molar-refractivity contribution in [2.24, 2.45) is 0 Å². The van der Waals surface area contributed by atoms with E-state index < -0.39 is 5.91 Å². The highest BCUT2D eigenvalue weighted by molar-refractivity contribution is 9.11. The van der Waals surface area contributed by atoms with Crippen LogP contribution in [-0.2, 0) is 4.79 Å². The van der Waals surface area contributed by atoms with Gasteiger partial charge in [0.15, 0.2) is 5.78 Å². The average Bonchev–Trinajstić information content (AvgIpc) is 3.07. The first-order chi connectivity index (χ1) is 10.9. The predicted molar refractivity (Wildman–Crippen MR) is 95.0 cm³/mol. The van der Waals surface area contributed by atoms with Crippen molar-refractivity contribution in [2.45, 2.75) is 26.7 Å². The second-order valence-corrected chi connectivity index (χ2v) is 8.78. The third-order valence-electron chi connectivity index (χ3n) is 3.03. The molecule has 0 spiro atoms. The molecule has 0 aliphatic carbocycles. The molecular weight excluding hydrogens is 400 g/mol. The first-order valence-corrected chi connectivity index (χ1v) is 9.24. The molecule has 23 heavy (non-hydrogen) atoms. The summed E-state index contributed by atoms with van der Waals surface area (Å²) in [4.78, 5) is 38.1. The Labute approximate surface area is 150 Å². The standard InChI is InChI=1S/C15H15BrN2O3S2/c1-8-7-10(9(2)22-8)11(19)3-6-14(20)17-18-15(21)12-4-5-13(16)23-12/h4-5,7H,3,6H2,1-2H3,(H,17,20)(H,18,21). The topological polar surface area (TPSA) is 75.3 Å². The van der Waals surface area contributed by atoms with Crippen LogP contribution in [0.25, 0.3) is 0 Å². The zero-order chi connectivity index (χ0) is 17.0. The van der Waals surface area contributed by atoms with Crippen LogP contribution < -0.4 is 10.9 Å². The van der Waals surface area contributed by atoms with Crippen molar-refractivity contribution < 1.29 is 14.4 Å². The quantitative estimate of drug-likeness (QED) is 0.579. The van der Waals surface area contributed by atoms with Crippen LogP contribution in [0.2, 0.25) is 0 Å². The third-order valence-corrected chi connectivity index (χ3v) is 5.62. The van der Waals surface area contributed by atoms with Gasteiger partial charge in [0.1, 0.15) is 0 Å². The number of Topliss-reactive ketones (excluding diaryl/α,β-unsaturated/α-hetero) is 1. The Hall–Kier alpha value is -1.51. The van der Waals surface area contributed by atoms with Gasteiger partial charge in [-0.15, -0.1) is 22.7 Å². The fourth-order valence-electron chi connectivity index (χ4n) is 1.96. The van der Waals surface area contributed by atoms with Crippen molar-refractivity contribution in [3.8, 4) is 0 Å². The molecule has 0 aliphatic rings. The lowest BCUT2D eigenvalue weighted by atomic mass is 10.1. The number of rotatable bonds is 5. The molecule has 0 unspecified atom stereocenters. The van der Waals surface area contributed by atoms with Gasteiger partial charge in [0.25, 0.3) is 5.91 Å². The maximum Gasteiger partial charge on any atom is 0.279 e. The van der Waals surface area contributed by atoms with Crippen LogP contribution in [0.15, 0.2) is 22.0 Å². The largest absolute Gasteiger partial charge is 0.294 e. The summed E-state index contributed by atoms with van der Waals surface area (Å²) in [6.07, 6.45) is 0.144. The van der Waals surface area contributed by atoms with Gasteiger partial charge in [-0.1, -0.05) is 0 Å². The molecule has 0 aliphatic heterocycles. The van der Waals surface area contributed by atoms with E-state index in [-0.39, 0.29) is 24.5 Å². The molecule has 0 saturated heterocycles. The van der Waals surface area contributed by atoms with Gasteiger partial charge in [0.2, 0.25) is 5.91 Å². The van der Waals surface area contributed by atoms with Gasteiger partial charge in [-0.25, -0.2) is 0 Å². The van der Waals surface area contributed by atoms with Crippen LogP contribution in [0.5, 0.6) is 0 Å². The van der Waals surface area contributed by atoms with E-state index in [2.05, 4.69) is 26.8 Å². The highest BCUT2D eigenvalue weighted by Crippen LogP contribution is 2.22. The van der Waals surface area contributed by atoms with Crippen LogP contribution in [0.3, 0.4) is 0 Å². The highest BCUT2D eigenvalue weighted by Gasteiger charge is 2.14. The Kier molecular flexibility index (Phi) is 6.09. The summed E-state index contributed by atoms with van der Waals surface area (Å²) in [5.74, 6) is -0.841. The Balaban J connectivity index is 1.78. The van der Waals surface area contributed by atoms with Gasteiger partial charge in [-0.3, -0.25) is 25.2 Å². The van der Waals surface area contributed by atoms with Crippen molar-refractivity contribution in [3.63, 3.8) is 0 Å². The van der Waals surface area contributed by atoms with Gasteiger partial charge in [-0.05, 0) is 48.0 Å². The molecule has 0 radical (unpaired) electrons. The number of thiophene rings is 2. The normalized spacial score (nSPS) is 10.4. The zero-order valence-electron chi connectivity index (χ0n) is 12.6. The zero-order valence-corrected chi connectivity index (χ0v) is 15.8. The molecule has 2 heterocycles. The molecule has 0 bridgehead atoms. The van der Waals surface area contributed by atoms with Gasteiger partial charge >= 0.3 is 0 Å². The maximum absolute atomic E-state index is 12.1. The van der Waals surface area contributed by atoms with E-state index in [1.807, 2.05) is 19.9 Å². The van der Waals surface area contributed by atoms with E-state index in [1.54, 1.807) is 23.5 Å². The number of halogens is 1. The minimum absolute atomic E-state index is 0.0293. The number of amides is 2. The second kappa shape index (κ2) is 7.85. The molecule has 0 atom stereocenters. The SMILES string of the molecule is Cc1cc(C(=O)CCC(=O)NNC(=O)c2ccc(Br)s2)c(C)s1. The summed E-state index contributed by atoms with van der Waals surface area (Å²) < 4.78 is 0.834. The van der Waals surface area contributed by atoms with E-state index in [4.69, 9.17) is 0 Å². The number of carbonyl (C=O) groups is 3. The summed E-state index contributed by atoms with van der Waals surface area (Å²) in [5.41, 5.74) is 5.33. The molecule has 2 aromatic heterocycles. The minimum Gasteiger partial charge on any atom is -0.294 e. The Morgan fingerprint density at radius 1 is 1.09 bits per heavy atom. The van der Waals surface area contributed by atoms with E-state index in [9.17, 15) is 14.4 Å². The van der Waals surface area contributed by atoms with Crippen molar-refractivity contribution in [3.05, 3.63) is 42.2 Å². The van der Waals surface area contributed by atoms with Crippen molar-refractivity contribution in [1.29, 1.82) is 0 Å². The van der Waals surface area contributed by atoms with Crippen molar-refractivity contribution in [2.75, 3.05) is 0 Å². The van der Waals surface area contributed by atoms with Crippen molar-refractivity contribution >= 4 is 56.2 Å². The molecule has 122 valence electrons.